The highest BCUT2D eigenvalue weighted by atomic mass is 32.2. The van der Waals surface area contributed by atoms with Gasteiger partial charge in [0.05, 0.1) is 0 Å². The summed E-state index contributed by atoms with van der Waals surface area (Å²) in [4.78, 5) is 2.77. The molecule has 0 aliphatic carbocycles. The third kappa shape index (κ3) is 3.73. The molecule has 0 saturated carbocycles. The maximum atomic E-state index is 8.42. The number of thioether (sulfide) groups is 1. The zero-order chi connectivity index (χ0) is 12.0. The Kier molecular flexibility index (Phi) is 5.11. The number of hydrogen-bond donors (Lipinski definition) is 0. The Morgan fingerprint density at radius 2 is 2.38 bits per heavy atom. The summed E-state index contributed by atoms with van der Waals surface area (Å²) < 4.78 is 5.81. The van der Waals surface area contributed by atoms with E-state index >= 15 is 0 Å². The summed E-state index contributed by atoms with van der Waals surface area (Å²) in [6.07, 6.45) is 1.85. The van der Waals surface area contributed by atoms with E-state index in [4.69, 9.17) is 22.5 Å². The van der Waals surface area contributed by atoms with Gasteiger partial charge in [-0.05, 0) is 36.5 Å². The molecule has 0 spiro atoms. The van der Waals surface area contributed by atoms with Crippen LogP contribution < -0.4 is 0 Å². The Morgan fingerprint density at radius 1 is 1.62 bits per heavy atom. The van der Waals surface area contributed by atoms with Crippen molar-refractivity contribution < 1.29 is 4.74 Å². The Labute approximate surface area is 104 Å². The molecule has 0 amide bonds. The van der Waals surface area contributed by atoms with Gasteiger partial charge in [-0.2, -0.15) is 0 Å². The van der Waals surface area contributed by atoms with Gasteiger partial charge in [0.1, 0.15) is 6.61 Å². The first-order valence-electron chi connectivity index (χ1n) is 4.52. The fraction of sp³-hybridized carbons (Fsp3) is 0.300. The summed E-state index contributed by atoms with van der Waals surface area (Å²) in [5.41, 5.74) is 10.9. The predicted molar refractivity (Wildman–Crippen MR) is 70.9 cm³/mol. The predicted octanol–water partition coefficient (Wildman–Crippen LogP) is 4.10. The Morgan fingerprint density at radius 3 is 3.00 bits per heavy atom. The van der Waals surface area contributed by atoms with E-state index in [1.165, 1.54) is 11.8 Å². The molecule has 0 aliphatic heterocycles. The lowest BCUT2D eigenvalue weighted by atomic mass is 10.1. The van der Waals surface area contributed by atoms with E-state index in [0.717, 1.165) is 11.1 Å². The molecule has 0 saturated heterocycles. The molecular formula is C10H11N3OS2. The van der Waals surface area contributed by atoms with Gasteiger partial charge in [0.15, 0.2) is 0 Å². The van der Waals surface area contributed by atoms with Crippen LogP contribution in [-0.2, 0) is 11.3 Å². The first-order valence-corrected chi connectivity index (χ1v) is 6.16. The van der Waals surface area contributed by atoms with Crippen LogP contribution in [0.1, 0.15) is 11.1 Å². The fourth-order valence-corrected chi connectivity index (χ4v) is 1.41. The summed E-state index contributed by atoms with van der Waals surface area (Å²) in [5.74, 6) is 0. The van der Waals surface area contributed by atoms with Crippen LogP contribution in [0.15, 0.2) is 23.3 Å². The molecule has 0 fully saturated rings. The lowest BCUT2D eigenvalue weighted by Crippen LogP contribution is -1.97. The molecule has 6 heteroatoms. The van der Waals surface area contributed by atoms with Gasteiger partial charge >= 0.3 is 0 Å². The number of aryl methyl sites for hydroxylation is 1. The van der Waals surface area contributed by atoms with Gasteiger partial charge in [0, 0.05) is 10.6 Å². The molecule has 0 unspecified atom stereocenters. The molecule has 84 valence electrons. The highest BCUT2D eigenvalue weighted by molar-refractivity contribution is 8.22. The number of hydrogen-bond acceptors (Lipinski definition) is 4. The van der Waals surface area contributed by atoms with Gasteiger partial charge in [-0.3, -0.25) is 0 Å². The van der Waals surface area contributed by atoms with Gasteiger partial charge < -0.3 is 4.74 Å². The fourth-order valence-electron chi connectivity index (χ4n) is 1.17. The number of benzene rings is 1. The molecule has 0 heterocycles. The molecular weight excluding hydrogens is 242 g/mol. The van der Waals surface area contributed by atoms with Crippen molar-refractivity contribution in [2.75, 3.05) is 6.26 Å². The standard InChI is InChI=1S/C10H11N3OS2/c1-7-3-4-9(12-13-11)8(5-7)6-14-10(15)16-2/h3-5H,6H2,1-2H3. The minimum Gasteiger partial charge on any atom is -0.474 e. The maximum Gasteiger partial charge on any atom is 0.220 e. The Hall–Kier alpha value is -1.23. The van der Waals surface area contributed by atoms with Gasteiger partial charge in [-0.1, -0.05) is 40.6 Å². The quantitative estimate of drug-likeness (QED) is 0.352. The minimum absolute atomic E-state index is 0.329. The highest BCUT2D eigenvalue weighted by Gasteiger charge is 2.03. The van der Waals surface area contributed by atoms with Gasteiger partial charge in [0.25, 0.3) is 0 Å². The lowest BCUT2D eigenvalue weighted by Gasteiger charge is -2.08. The van der Waals surface area contributed by atoms with Crippen molar-refractivity contribution in [2.45, 2.75) is 13.5 Å². The van der Waals surface area contributed by atoms with Crippen LogP contribution in [-0.4, -0.2) is 10.6 Å². The lowest BCUT2D eigenvalue weighted by molar-refractivity contribution is 0.310. The topological polar surface area (TPSA) is 58.0 Å². The molecule has 0 radical (unpaired) electrons. The van der Waals surface area contributed by atoms with E-state index in [1.54, 1.807) is 6.07 Å². The van der Waals surface area contributed by atoms with Gasteiger partial charge in [-0.15, -0.1) is 0 Å². The molecule has 0 bridgehead atoms. The molecule has 0 aliphatic rings. The average Bonchev–Trinajstić information content (AvgIpc) is 2.29. The SMILES string of the molecule is CSC(=S)OCc1cc(C)ccc1N=[N+]=[N-]. The molecule has 0 aromatic heterocycles. The van der Waals surface area contributed by atoms with Crippen LogP contribution in [0, 0.1) is 6.92 Å². The second-order valence-electron chi connectivity index (χ2n) is 3.06. The van der Waals surface area contributed by atoms with E-state index in [0.29, 0.717) is 16.7 Å². The summed E-state index contributed by atoms with van der Waals surface area (Å²) >= 11 is 6.31. The Bertz CT molecular complexity index is 442. The van der Waals surface area contributed by atoms with Crippen LogP contribution in [0.4, 0.5) is 5.69 Å². The van der Waals surface area contributed by atoms with Crippen LogP contribution >= 0.6 is 24.0 Å². The number of thiocarbonyl (C=S) groups is 1. The molecule has 1 aromatic rings. The zero-order valence-corrected chi connectivity index (χ0v) is 10.6. The molecule has 1 aromatic carbocycles. The van der Waals surface area contributed by atoms with Crippen molar-refractivity contribution in [3.05, 3.63) is 39.8 Å². The monoisotopic (exact) mass is 253 g/mol. The number of rotatable bonds is 3. The van der Waals surface area contributed by atoms with Crippen molar-refractivity contribution in [1.29, 1.82) is 0 Å². The van der Waals surface area contributed by atoms with E-state index in [-0.39, 0.29) is 0 Å². The molecule has 0 atom stereocenters. The van der Waals surface area contributed by atoms with Crippen molar-refractivity contribution in [3.63, 3.8) is 0 Å². The van der Waals surface area contributed by atoms with Crippen molar-refractivity contribution in [3.8, 4) is 0 Å². The Balaban J connectivity index is 2.87. The second-order valence-corrected chi connectivity index (χ2v) is 4.47. The van der Waals surface area contributed by atoms with E-state index < -0.39 is 0 Å². The van der Waals surface area contributed by atoms with Gasteiger partial charge in [-0.25, -0.2) is 0 Å². The second kappa shape index (κ2) is 6.37. The first kappa shape index (κ1) is 12.8. The van der Waals surface area contributed by atoms with Crippen LogP contribution in [0.5, 0.6) is 0 Å². The summed E-state index contributed by atoms with van der Waals surface area (Å²) in [6, 6.07) is 5.59. The van der Waals surface area contributed by atoms with Crippen molar-refractivity contribution in [1.82, 2.24) is 0 Å². The summed E-state index contributed by atoms with van der Waals surface area (Å²) in [6.45, 7) is 2.30. The summed E-state index contributed by atoms with van der Waals surface area (Å²) in [7, 11) is 0. The molecule has 16 heavy (non-hydrogen) atoms. The normalized spacial score (nSPS) is 9.38. The van der Waals surface area contributed by atoms with E-state index in [1.807, 2.05) is 25.3 Å². The maximum absolute atomic E-state index is 8.42. The third-order valence-corrected chi connectivity index (χ3v) is 2.97. The van der Waals surface area contributed by atoms with E-state index in [9.17, 15) is 0 Å². The molecule has 1 rings (SSSR count). The third-order valence-electron chi connectivity index (χ3n) is 1.90. The van der Waals surface area contributed by atoms with Crippen LogP contribution in [0.2, 0.25) is 0 Å². The minimum atomic E-state index is 0.329. The highest BCUT2D eigenvalue weighted by Crippen LogP contribution is 2.22. The van der Waals surface area contributed by atoms with Crippen molar-refractivity contribution >= 4 is 34.0 Å². The smallest absolute Gasteiger partial charge is 0.220 e. The van der Waals surface area contributed by atoms with Crippen LogP contribution in [0.3, 0.4) is 0 Å². The average molecular weight is 253 g/mol. The zero-order valence-electron chi connectivity index (χ0n) is 9.01. The molecule has 4 nitrogen and oxygen atoms in total. The van der Waals surface area contributed by atoms with Crippen LogP contribution in [0.25, 0.3) is 10.4 Å². The number of azide groups is 1. The summed E-state index contributed by atoms with van der Waals surface area (Å²) in [5, 5.41) is 3.60. The van der Waals surface area contributed by atoms with Crippen molar-refractivity contribution in [2.24, 2.45) is 5.11 Å². The number of nitrogens with zero attached hydrogens (tertiary/aromatic N) is 3. The number of ether oxygens (including phenoxy) is 1. The first-order chi connectivity index (χ1) is 7.67. The largest absolute Gasteiger partial charge is 0.474 e. The molecule has 0 N–H and O–H groups in total. The van der Waals surface area contributed by atoms with E-state index in [2.05, 4.69) is 10.0 Å². The van der Waals surface area contributed by atoms with Gasteiger partial charge in [0.2, 0.25) is 4.38 Å².